The van der Waals surface area contributed by atoms with Crippen molar-refractivity contribution < 1.29 is 4.79 Å². The zero-order valence-electron chi connectivity index (χ0n) is 11.9. The van der Waals surface area contributed by atoms with Crippen LogP contribution in [0.2, 0.25) is 0 Å². The summed E-state index contributed by atoms with van der Waals surface area (Å²) in [6.45, 7) is 3.35. The fourth-order valence-electron chi connectivity index (χ4n) is 3.89. The van der Waals surface area contributed by atoms with Crippen LogP contribution < -0.4 is 10.6 Å². The second kappa shape index (κ2) is 6.23. The third-order valence-corrected chi connectivity index (χ3v) is 5.09. The molecule has 4 heteroatoms. The van der Waals surface area contributed by atoms with Crippen molar-refractivity contribution in [1.29, 1.82) is 0 Å². The highest BCUT2D eigenvalue weighted by Crippen LogP contribution is 2.26. The molecule has 1 saturated carbocycles. The Balaban J connectivity index is 1.41. The number of rotatable bonds is 3. The first-order valence-corrected chi connectivity index (χ1v) is 8.11. The number of hydrogen-bond donors (Lipinski definition) is 2. The molecule has 108 valence electrons. The van der Waals surface area contributed by atoms with Gasteiger partial charge in [0.1, 0.15) is 0 Å². The van der Waals surface area contributed by atoms with E-state index in [0.717, 1.165) is 38.3 Å². The zero-order valence-corrected chi connectivity index (χ0v) is 11.9. The van der Waals surface area contributed by atoms with Crippen LogP contribution in [0, 0.1) is 0 Å². The van der Waals surface area contributed by atoms with Crippen LogP contribution in [0.5, 0.6) is 0 Å². The molecule has 4 nitrogen and oxygen atoms in total. The third-order valence-electron chi connectivity index (χ3n) is 5.09. The number of hydrogen-bond acceptors (Lipinski definition) is 3. The monoisotopic (exact) mass is 265 g/mol. The van der Waals surface area contributed by atoms with E-state index in [0.29, 0.717) is 6.04 Å². The van der Waals surface area contributed by atoms with Gasteiger partial charge in [-0.05, 0) is 45.1 Å². The second-order valence-electron chi connectivity index (χ2n) is 6.41. The molecule has 0 aromatic rings. The highest BCUT2D eigenvalue weighted by atomic mass is 16.2. The Labute approximate surface area is 116 Å². The largest absolute Gasteiger partial charge is 0.352 e. The summed E-state index contributed by atoms with van der Waals surface area (Å²) in [6, 6.07) is 1.33. The van der Waals surface area contributed by atoms with Gasteiger partial charge in [-0.2, -0.15) is 0 Å². The molecule has 2 N–H and O–H groups in total. The van der Waals surface area contributed by atoms with Crippen molar-refractivity contribution in [3.8, 4) is 0 Å². The topological polar surface area (TPSA) is 44.4 Å². The molecule has 1 aliphatic carbocycles. The Morgan fingerprint density at radius 3 is 2.37 bits per heavy atom. The van der Waals surface area contributed by atoms with Crippen LogP contribution >= 0.6 is 0 Å². The van der Waals surface area contributed by atoms with Gasteiger partial charge in [-0.15, -0.1) is 0 Å². The predicted octanol–water partition coefficient (Wildman–Crippen LogP) is 1.26. The molecule has 3 aliphatic rings. The SMILES string of the molecule is O=C(NC1CCN(C2CCCC2)CC1)C1CCCN1. The van der Waals surface area contributed by atoms with Crippen LogP contribution in [0.3, 0.4) is 0 Å². The summed E-state index contributed by atoms with van der Waals surface area (Å²) in [6.07, 6.45) is 10.0. The lowest BCUT2D eigenvalue weighted by Crippen LogP contribution is -2.50. The summed E-state index contributed by atoms with van der Waals surface area (Å²) in [5.74, 6) is 0.233. The van der Waals surface area contributed by atoms with E-state index in [2.05, 4.69) is 15.5 Å². The van der Waals surface area contributed by atoms with Gasteiger partial charge in [0.2, 0.25) is 5.91 Å². The van der Waals surface area contributed by atoms with Crippen molar-refractivity contribution in [3.63, 3.8) is 0 Å². The van der Waals surface area contributed by atoms with E-state index in [1.807, 2.05) is 0 Å². The molecule has 1 unspecified atom stereocenters. The zero-order chi connectivity index (χ0) is 13.1. The molecule has 0 aromatic heterocycles. The van der Waals surface area contributed by atoms with Crippen LogP contribution in [0.25, 0.3) is 0 Å². The summed E-state index contributed by atoms with van der Waals surface area (Å²) >= 11 is 0. The fraction of sp³-hybridized carbons (Fsp3) is 0.933. The van der Waals surface area contributed by atoms with Crippen molar-refractivity contribution in [2.24, 2.45) is 0 Å². The van der Waals surface area contributed by atoms with E-state index in [1.54, 1.807) is 0 Å². The smallest absolute Gasteiger partial charge is 0.237 e. The Hall–Kier alpha value is -0.610. The Morgan fingerprint density at radius 2 is 1.74 bits per heavy atom. The van der Waals surface area contributed by atoms with Crippen LogP contribution in [0.4, 0.5) is 0 Å². The summed E-state index contributed by atoms with van der Waals surface area (Å²) in [4.78, 5) is 14.7. The van der Waals surface area contributed by atoms with Crippen molar-refractivity contribution >= 4 is 5.91 Å². The lowest BCUT2D eigenvalue weighted by molar-refractivity contribution is -0.123. The first-order valence-electron chi connectivity index (χ1n) is 8.11. The molecule has 3 fully saturated rings. The summed E-state index contributed by atoms with van der Waals surface area (Å²) in [5.41, 5.74) is 0. The van der Waals surface area contributed by atoms with Crippen molar-refractivity contribution in [2.45, 2.75) is 69.5 Å². The van der Waals surface area contributed by atoms with Gasteiger partial charge in [0, 0.05) is 25.2 Å². The van der Waals surface area contributed by atoms with Crippen LogP contribution in [0.15, 0.2) is 0 Å². The molecule has 2 heterocycles. The van der Waals surface area contributed by atoms with Gasteiger partial charge in [-0.1, -0.05) is 12.8 Å². The van der Waals surface area contributed by atoms with Gasteiger partial charge >= 0.3 is 0 Å². The molecule has 1 atom stereocenters. The number of likely N-dealkylation sites (tertiary alicyclic amines) is 1. The quantitative estimate of drug-likeness (QED) is 0.807. The van der Waals surface area contributed by atoms with Crippen LogP contribution in [-0.4, -0.2) is 48.6 Å². The van der Waals surface area contributed by atoms with Crippen LogP contribution in [0.1, 0.15) is 51.4 Å². The van der Waals surface area contributed by atoms with E-state index < -0.39 is 0 Å². The standard InChI is InChI=1S/C15H27N3O/c19-15(14-6-3-9-16-14)17-12-7-10-18(11-8-12)13-4-1-2-5-13/h12-14,16H,1-11H2,(H,17,19). The molecule has 3 rings (SSSR count). The lowest BCUT2D eigenvalue weighted by Gasteiger charge is -2.36. The summed E-state index contributed by atoms with van der Waals surface area (Å²) in [7, 11) is 0. The number of piperidine rings is 1. The number of carbonyl (C=O) groups excluding carboxylic acids is 1. The molecule has 1 amide bonds. The van der Waals surface area contributed by atoms with E-state index in [-0.39, 0.29) is 11.9 Å². The minimum atomic E-state index is 0.0767. The molecule has 2 saturated heterocycles. The average molecular weight is 265 g/mol. The first-order chi connectivity index (χ1) is 9.33. The van der Waals surface area contributed by atoms with Crippen molar-refractivity contribution in [2.75, 3.05) is 19.6 Å². The maximum absolute atomic E-state index is 12.1. The normalized spacial score (nSPS) is 30.8. The number of nitrogens with one attached hydrogen (secondary N) is 2. The van der Waals surface area contributed by atoms with Gasteiger partial charge < -0.3 is 15.5 Å². The molecule has 0 bridgehead atoms. The number of nitrogens with zero attached hydrogens (tertiary/aromatic N) is 1. The van der Waals surface area contributed by atoms with E-state index in [4.69, 9.17) is 0 Å². The number of carbonyl (C=O) groups is 1. The summed E-state index contributed by atoms with van der Waals surface area (Å²) in [5, 5.41) is 6.52. The molecular weight excluding hydrogens is 238 g/mol. The first kappa shape index (κ1) is 13.4. The Morgan fingerprint density at radius 1 is 1.00 bits per heavy atom. The molecule has 0 aromatic carbocycles. The molecular formula is C15H27N3O. The van der Waals surface area contributed by atoms with E-state index in [1.165, 1.54) is 38.8 Å². The van der Waals surface area contributed by atoms with Gasteiger partial charge in [0.15, 0.2) is 0 Å². The van der Waals surface area contributed by atoms with Gasteiger partial charge in [-0.3, -0.25) is 4.79 Å². The van der Waals surface area contributed by atoms with E-state index in [9.17, 15) is 4.79 Å². The Kier molecular flexibility index (Phi) is 4.38. The molecule has 2 aliphatic heterocycles. The molecule has 0 spiro atoms. The van der Waals surface area contributed by atoms with Crippen molar-refractivity contribution in [1.82, 2.24) is 15.5 Å². The van der Waals surface area contributed by atoms with E-state index >= 15 is 0 Å². The fourth-order valence-corrected chi connectivity index (χ4v) is 3.89. The maximum Gasteiger partial charge on any atom is 0.237 e. The number of amides is 1. The van der Waals surface area contributed by atoms with Crippen LogP contribution in [-0.2, 0) is 4.79 Å². The van der Waals surface area contributed by atoms with Gasteiger partial charge in [0.25, 0.3) is 0 Å². The second-order valence-corrected chi connectivity index (χ2v) is 6.41. The van der Waals surface area contributed by atoms with Gasteiger partial charge in [-0.25, -0.2) is 0 Å². The maximum atomic E-state index is 12.1. The molecule has 0 radical (unpaired) electrons. The molecule has 19 heavy (non-hydrogen) atoms. The Bertz CT molecular complexity index is 301. The van der Waals surface area contributed by atoms with Crippen molar-refractivity contribution in [3.05, 3.63) is 0 Å². The average Bonchev–Trinajstić information content (AvgIpc) is 3.13. The third kappa shape index (κ3) is 3.29. The minimum Gasteiger partial charge on any atom is -0.352 e. The highest BCUT2D eigenvalue weighted by molar-refractivity contribution is 5.82. The minimum absolute atomic E-state index is 0.0767. The predicted molar refractivity (Wildman–Crippen MR) is 76.0 cm³/mol. The summed E-state index contributed by atoms with van der Waals surface area (Å²) < 4.78 is 0. The lowest BCUT2D eigenvalue weighted by atomic mass is 10.0. The highest BCUT2D eigenvalue weighted by Gasteiger charge is 2.29. The van der Waals surface area contributed by atoms with Gasteiger partial charge in [0.05, 0.1) is 6.04 Å².